The lowest BCUT2D eigenvalue weighted by Gasteiger charge is -2.14. The molecule has 0 saturated carbocycles. The van der Waals surface area contributed by atoms with Gasteiger partial charge in [0.15, 0.2) is 15.8 Å². The average Bonchev–Trinajstić information content (AvgIpc) is 2.85. The van der Waals surface area contributed by atoms with E-state index in [0.717, 1.165) is 11.8 Å². The smallest absolute Gasteiger partial charge is 0.270 e. The molecule has 1 aliphatic heterocycles. The van der Waals surface area contributed by atoms with Crippen LogP contribution >= 0.6 is 24.0 Å². The Morgan fingerprint density at radius 1 is 1.32 bits per heavy atom. The summed E-state index contributed by atoms with van der Waals surface area (Å²) in [5.41, 5.74) is 1.09. The second-order valence-corrected chi connectivity index (χ2v) is 6.83. The number of benzene rings is 2. The second kappa shape index (κ2) is 7.25. The largest absolute Gasteiger partial charge is 0.504 e. The maximum atomic E-state index is 13.4. The summed E-state index contributed by atoms with van der Waals surface area (Å²) < 4.78 is 19.1. The molecule has 0 bridgehead atoms. The summed E-state index contributed by atoms with van der Waals surface area (Å²) in [5, 5.41) is 9.76. The van der Waals surface area contributed by atoms with E-state index >= 15 is 0 Å². The molecule has 2 aromatic carbocycles. The standard InChI is InChI=1S/C18H14FNO3S2/c1-2-23-15-8-11(6-7-14(15)21)9-16-17(22)20(18(24)25-16)13-5-3-4-12(19)10-13/h3-10,21H,2H2,1H3. The number of nitrogens with zero attached hydrogens (tertiary/aromatic N) is 1. The van der Waals surface area contributed by atoms with Crippen molar-refractivity contribution in [1.29, 1.82) is 0 Å². The van der Waals surface area contributed by atoms with E-state index < -0.39 is 5.82 Å². The molecule has 1 saturated heterocycles. The number of thioether (sulfide) groups is 1. The lowest BCUT2D eigenvalue weighted by molar-refractivity contribution is -0.113. The number of phenolic OH excluding ortho intramolecular Hbond substituents is 1. The number of hydrogen-bond donors (Lipinski definition) is 1. The molecular formula is C18H14FNO3S2. The third-order valence-corrected chi connectivity index (χ3v) is 4.74. The highest BCUT2D eigenvalue weighted by Gasteiger charge is 2.33. The molecule has 3 rings (SSSR count). The van der Waals surface area contributed by atoms with E-state index in [-0.39, 0.29) is 11.7 Å². The minimum absolute atomic E-state index is 0.0336. The van der Waals surface area contributed by atoms with Gasteiger partial charge in [-0.3, -0.25) is 9.69 Å². The Labute approximate surface area is 153 Å². The Hall–Kier alpha value is -2.38. The predicted molar refractivity (Wildman–Crippen MR) is 101 cm³/mol. The van der Waals surface area contributed by atoms with Gasteiger partial charge < -0.3 is 9.84 Å². The van der Waals surface area contributed by atoms with Gasteiger partial charge in [0.25, 0.3) is 5.91 Å². The van der Waals surface area contributed by atoms with Gasteiger partial charge in [0.05, 0.1) is 17.2 Å². The third-order valence-electron chi connectivity index (χ3n) is 3.44. The van der Waals surface area contributed by atoms with Crippen molar-refractivity contribution in [2.45, 2.75) is 6.92 Å². The molecule has 0 spiro atoms. The Balaban J connectivity index is 1.92. The van der Waals surface area contributed by atoms with E-state index in [4.69, 9.17) is 17.0 Å². The Morgan fingerprint density at radius 3 is 2.84 bits per heavy atom. The first-order chi connectivity index (χ1) is 12.0. The number of hydrogen-bond acceptors (Lipinski definition) is 5. The third kappa shape index (κ3) is 3.67. The first-order valence-electron chi connectivity index (χ1n) is 7.49. The molecule has 0 aliphatic carbocycles. The van der Waals surface area contributed by atoms with Crippen LogP contribution in [0.25, 0.3) is 6.08 Å². The first-order valence-corrected chi connectivity index (χ1v) is 8.71. The maximum Gasteiger partial charge on any atom is 0.270 e. The quantitative estimate of drug-likeness (QED) is 0.636. The summed E-state index contributed by atoms with van der Waals surface area (Å²) in [6, 6.07) is 10.6. The fourth-order valence-electron chi connectivity index (χ4n) is 2.35. The van der Waals surface area contributed by atoms with E-state index in [1.165, 1.54) is 29.2 Å². The Morgan fingerprint density at radius 2 is 2.12 bits per heavy atom. The summed E-state index contributed by atoms with van der Waals surface area (Å²) in [7, 11) is 0. The molecule has 1 heterocycles. The predicted octanol–water partition coefficient (Wildman–Crippen LogP) is 4.34. The molecule has 1 N–H and O–H groups in total. The minimum atomic E-state index is -0.435. The van der Waals surface area contributed by atoms with Crippen LogP contribution in [0.1, 0.15) is 12.5 Å². The SMILES string of the molecule is CCOc1cc(C=C2SC(=S)N(c3cccc(F)c3)C2=O)ccc1O. The molecule has 1 fully saturated rings. The average molecular weight is 375 g/mol. The molecule has 7 heteroatoms. The highest BCUT2D eigenvalue weighted by atomic mass is 32.2. The zero-order valence-electron chi connectivity index (χ0n) is 13.2. The van der Waals surface area contributed by atoms with E-state index in [9.17, 15) is 14.3 Å². The topological polar surface area (TPSA) is 49.8 Å². The molecule has 1 amide bonds. The number of anilines is 1. The van der Waals surface area contributed by atoms with Crippen LogP contribution in [0.3, 0.4) is 0 Å². The lowest BCUT2D eigenvalue weighted by Crippen LogP contribution is -2.27. The molecule has 1 aliphatic rings. The van der Waals surface area contributed by atoms with Crippen molar-refractivity contribution in [3.05, 3.63) is 58.8 Å². The minimum Gasteiger partial charge on any atom is -0.504 e. The van der Waals surface area contributed by atoms with Gasteiger partial charge in [-0.2, -0.15) is 0 Å². The van der Waals surface area contributed by atoms with E-state index in [1.54, 1.807) is 24.3 Å². The fraction of sp³-hybridized carbons (Fsp3) is 0.111. The second-order valence-electron chi connectivity index (χ2n) is 5.16. The van der Waals surface area contributed by atoms with E-state index in [1.807, 2.05) is 6.92 Å². The fourth-order valence-corrected chi connectivity index (χ4v) is 3.65. The molecule has 25 heavy (non-hydrogen) atoms. The summed E-state index contributed by atoms with van der Waals surface area (Å²) in [6.45, 7) is 2.23. The molecule has 2 aromatic rings. The monoisotopic (exact) mass is 375 g/mol. The van der Waals surface area contributed by atoms with Crippen LogP contribution in [0.15, 0.2) is 47.4 Å². The number of halogens is 1. The lowest BCUT2D eigenvalue weighted by atomic mass is 10.2. The van der Waals surface area contributed by atoms with Crippen molar-refractivity contribution in [2.75, 3.05) is 11.5 Å². The van der Waals surface area contributed by atoms with Crippen molar-refractivity contribution < 1.29 is 19.0 Å². The highest BCUT2D eigenvalue weighted by molar-refractivity contribution is 8.27. The molecule has 0 atom stereocenters. The van der Waals surface area contributed by atoms with Crippen molar-refractivity contribution in [2.24, 2.45) is 0 Å². The van der Waals surface area contributed by atoms with Gasteiger partial charge in [0.1, 0.15) is 5.82 Å². The zero-order valence-corrected chi connectivity index (χ0v) is 14.9. The van der Waals surface area contributed by atoms with Crippen LogP contribution < -0.4 is 9.64 Å². The summed E-state index contributed by atoms with van der Waals surface area (Å²) in [5.74, 6) is -0.370. The molecule has 4 nitrogen and oxygen atoms in total. The maximum absolute atomic E-state index is 13.4. The molecule has 0 unspecified atom stereocenters. The molecular weight excluding hydrogens is 361 g/mol. The van der Waals surface area contributed by atoms with Gasteiger partial charge >= 0.3 is 0 Å². The molecule has 128 valence electrons. The van der Waals surface area contributed by atoms with Crippen LogP contribution in [0.4, 0.5) is 10.1 Å². The number of amides is 1. The number of phenols is 1. The first kappa shape index (κ1) is 17.4. The summed E-state index contributed by atoms with van der Waals surface area (Å²) in [4.78, 5) is 14.4. The van der Waals surface area contributed by atoms with Gasteiger partial charge in [-0.05, 0) is 48.9 Å². The molecule has 0 aromatic heterocycles. The van der Waals surface area contributed by atoms with Crippen LogP contribution in [-0.2, 0) is 4.79 Å². The van der Waals surface area contributed by atoms with E-state index in [2.05, 4.69) is 0 Å². The zero-order chi connectivity index (χ0) is 18.0. The number of carbonyl (C=O) groups excluding carboxylic acids is 1. The van der Waals surface area contributed by atoms with Crippen LogP contribution in [0.5, 0.6) is 11.5 Å². The summed E-state index contributed by atoms with van der Waals surface area (Å²) >= 11 is 6.41. The number of ether oxygens (including phenoxy) is 1. The van der Waals surface area contributed by atoms with Gasteiger partial charge in [0, 0.05) is 0 Å². The normalized spacial score (nSPS) is 15.9. The molecule has 0 radical (unpaired) electrons. The van der Waals surface area contributed by atoms with Gasteiger partial charge in [0.2, 0.25) is 0 Å². The van der Waals surface area contributed by atoms with Gasteiger partial charge in [-0.1, -0.05) is 36.1 Å². The van der Waals surface area contributed by atoms with Crippen LogP contribution in [0, 0.1) is 5.82 Å². The summed E-state index contributed by atoms with van der Waals surface area (Å²) in [6.07, 6.45) is 1.67. The van der Waals surface area contributed by atoms with Crippen molar-refractivity contribution in [3.8, 4) is 11.5 Å². The number of thiocarbonyl (C=S) groups is 1. The number of aromatic hydroxyl groups is 1. The Kier molecular flexibility index (Phi) is 5.06. The number of rotatable bonds is 4. The van der Waals surface area contributed by atoms with Crippen LogP contribution in [-0.4, -0.2) is 21.9 Å². The van der Waals surface area contributed by atoms with Crippen molar-refractivity contribution >= 4 is 46.0 Å². The van der Waals surface area contributed by atoms with Crippen molar-refractivity contribution in [3.63, 3.8) is 0 Å². The van der Waals surface area contributed by atoms with E-state index in [0.29, 0.717) is 32.8 Å². The highest BCUT2D eigenvalue weighted by Crippen LogP contribution is 2.37. The van der Waals surface area contributed by atoms with Gasteiger partial charge in [-0.25, -0.2) is 4.39 Å². The van der Waals surface area contributed by atoms with Crippen molar-refractivity contribution in [1.82, 2.24) is 0 Å². The Bertz CT molecular complexity index is 882. The van der Waals surface area contributed by atoms with Crippen LogP contribution in [0.2, 0.25) is 0 Å². The van der Waals surface area contributed by atoms with Gasteiger partial charge in [-0.15, -0.1) is 0 Å². The number of carbonyl (C=O) groups is 1.